The molecule has 2 heterocycles. The van der Waals surface area contributed by atoms with Crippen LogP contribution in [0.1, 0.15) is 13.8 Å². The van der Waals surface area contributed by atoms with Gasteiger partial charge in [-0.15, -0.1) is 0 Å². The first kappa shape index (κ1) is 8.05. The molecule has 0 bridgehead atoms. The molecule has 0 fully saturated rings. The second-order valence-corrected chi connectivity index (χ2v) is 4.28. The fraction of sp³-hybridized carbons (Fsp3) is 0.444. The van der Waals surface area contributed by atoms with Crippen LogP contribution in [0.2, 0.25) is 0 Å². The Labute approximate surface area is 80.1 Å². The average Bonchev–Trinajstić information content (AvgIpc) is 2.28. The van der Waals surface area contributed by atoms with Crippen molar-refractivity contribution in [3.05, 3.63) is 23.5 Å². The Morgan fingerprint density at radius 1 is 1.58 bits per heavy atom. The van der Waals surface area contributed by atoms with Crippen molar-refractivity contribution in [2.45, 2.75) is 19.4 Å². The number of fused-ring (bicyclic) bond motifs is 1. The van der Waals surface area contributed by atoms with Crippen LogP contribution in [0.5, 0.6) is 0 Å². The zero-order valence-electron chi connectivity index (χ0n) is 7.10. The van der Waals surface area contributed by atoms with Crippen LogP contribution in [0.3, 0.4) is 0 Å². The molecule has 12 heavy (non-hydrogen) atoms. The molecule has 0 atom stereocenters. The zero-order chi connectivity index (χ0) is 8.77. The van der Waals surface area contributed by atoms with E-state index in [1.807, 2.05) is 12.3 Å². The van der Waals surface area contributed by atoms with Crippen LogP contribution in [0.25, 0.3) is 0 Å². The van der Waals surface area contributed by atoms with Gasteiger partial charge in [0.1, 0.15) is 10.2 Å². The summed E-state index contributed by atoms with van der Waals surface area (Å²) in [5.74, 6) is 0. The highest BCUT2D eigenvalue weighted by atomic mass is 79.9. The predicted octanol–water partition coefficient (Wildman–Crippen LogP) is 2.41. The molecule has 0 amide bonds. The van der Waals surface area contributed by atoms with E-state index in [0.717, 1.165) is 11.2 Å². The summed E-state index contributed by atoms with van der Waals surface area (Å²) in [7, 11) is 0. The summed E-state index contributed by atoms with van der Waals surface area (Å²) in [5, 5.41) is 0. The molecule has 64 valence electrons. The van der Waals surface area contributed by atoms with Crippen molar-refractivity contribution in [3.63, 3.8) is 0 Å². The van der Waals surface area contributed by atoms with Crippen molar-refractivity contribution in [3.8, 4) is 0 Å². The Morgan fingerprint density at radius 2 is 2.33 bits per heavy atom. The number of nitrogens with zero attached hydrogens (tertiary/aromatic N) is 1. The largest absolute Gasteiger partial charge is 0.490 e. The molecule has 0 saturated carbocycles. The van der Waals surface area contributed by atoms with Crippen LogP contribution in [0, 0.1) is 0 Å². The highest BCUT2D eigenvalue weighted by molar-refractivity contribution is 9.18. The molecule has 0 saturated heterocycles. The van der Waals surface area contributed by atoms with Gasteiger partial charge in [-0.3, -0.25) is 4.99 Å². The summed E-state index contributed by atoms with van der Waals surface area (Å²) in [6, 6.07) is 0. The Balaban J connectivity index is 2.43. The molecular weight excluding hydrogens is 218 g/mol. The summed E-state index contributed by atoms with van der Waals surface area (Å²) in [4.78, 5) is 4.25. The second kappa shape index (κ2) is 2.46. The normalized spacial score (nSPS) is 25.1. The van der Waals surface area contributed by atoms with Crippen molar-refractivity contribution in [1.29, 1.82) is 0 Å². The van der Waals surface area contributed by atoms with Crippen molar-refractivity contribution in [2.75, 3.05) is 6.54 Å². The maximum absolute atomic E-state index is 5.51. The Bertz CT molecular complexity index is 312. The lowest BCUT2D eigenvalue weighted by atomic mass is 9.92. The second-order valence-electron chi connectivity index (χ2n) is 3.47. The third-order valence-corrected chi connectivity index (χ3v) is 2.63. The predicted molar refractivity (Wildman–Crippen MR) is 52.6 cm³/mol. The summed E-state index contributed by atoms with van der Waals surface area (Å²) < 4.78 is 6.42. The number of dihydropyridines is 1. The lowest BCUT2D eigenvalue weighted by Crippen LogP contribution is -2.23. The minimum absolute atomic E-state index is 0.176. The van der Waals surface area contributed by atoms with Gasteiger partial charge in [-0.2, -0.15) is 0 Å². The van der Waals surface area contributed by atoms with Crippen LogP contribution in [0.15, 0.2) is 28.5 Å². The first-order valence-electron chi connectivity index (χ1n) is 3.89. The number of hydrogen-bond acceptors (Lipinski definition) is 2. The maximum atomic E-state index is 5.51. The van der Waals surface area contributed by atoms with E-state index in [-0.39, 0.29) is 5.60 Å². The molecule has 0 N–H and O–H groups in total. The van der Waals surface area contributed by atoms with Gasteiger partial charge in [0.2, 0.25) is 0 Å². The molecule has 2 aliphatic heterocycles. The summed E-state index contributed by atoms with van der Waals surface area (Å²) in [6.45, 7) is 4.86. The van der Waals surface area contributed by atoms with Crippen LogP contribution in [-0.2, 0) is 4.74 Å². The summed E-state index contributed by atoms with van der Waals surface area (Å²) >= 11 is 3.37. The molecule has 0 spiro atoms. The monoisotopic (exact) mass is 227 g/mol. The average molecular weight is 228 g/mol. The van der Waals surface area contributed by atoms with Crippen molar-refractivity contribution in [2.24, 2.45) is 4.99 Å². The standard InChI is InChI=1S/C9H10BrNO/c1-9(2)7-3-8(10)11-4-6(7)5-12-9/h3,5H,4H2,1-2H3. The van der Waals surface area contributed by atoms with Gasteiger partial charge < -0.3 is 4.74 Å². The zero-order valence-corrected chi connectivity index (χ0v) is 8.68. The van der Waals surface area contributed by atoms with E-state index in [0.29, 0.717) is 0 Å². The van der Waals surface area contributed by atoms with Crippen LogP contribution < -0.4 is 0 Å². The van der Waals surface area contributed by atoms with E-state index in [1.165, 1.54) is 11.1 Å². The molecule has 2 nitrogen and oxygen atoms in total. The number of rotatable bonds is 0. The molecule has 0 aliphatic carbocycles. The molecule has 2 aliphatic rings. The van der Waals surface area contributed by atoms with Gasteiger partial charge in [0.15, 0.2) is 0 Å². The number of allylic oxidation sites excluding steroid dienone is 1. The van der Waals surface area contributed by atoms with E-state index in [2.05, 4.69) is 34.8 Å². The maximum Gasteiger partial charge on any atom is 0.128 e. The minimum atomic E-state index is -0.176. The van der Waals surface area contributed by atoms with Gasteiger partial charge in [-0.1, -0.05) is 0 Å². The number of hydrogen-bond donors (Lipinski definition) is 0. The minimum Gasteiger partial charge on any atom is -0.490 e. The van der Waals surface area contributed by atoms with Crippen LogP contribution in [-0.4, -0.2) is 16.8 Å². The van der Waals surface area contributed by atoms with Gasteiger partial charge in [0.25, 0.3) is 0 Å². The number of aliphatic imine (C=N–C) groups is 1. The third kappa shape index (κ3) is 1.12. The number of ether oxygens (including phenoxy) is 1. The smallest absolute Gasteiger partial charge is 0.128 e. The van der Waals surface area contributed by atoms with Gasteiger partial charge in [0, 0.05) is 11.1 Å². The topological polar surface area (TPSA) is 21.6 Å². The first-order chi connectivity index (χ1) is 5.59. The fourth-order valence-corrected chi connectivity index (χ4v) is 1.80. The first-order valence-corrected chi connectivity index (χ1v) is 4.68. The van der Waals surface area contributed by atoms with Gasteiger partial charge in [-0.25, -0.2) is 0 Å². The fourth-order valence-electron chi connectivity index (χ4n) is 1.45. The van der Waals surface area contributed by atoms with Crippen molar-refractivity contribution >= 4 is 20.6 Å². The summed E-state index contributed by atoms with van der Waals surface area (Å²) in [5.41, 5.74) is 2.26. The molecule has 0 unspecified atom stereocenters. The lowest BCUT2D eigenvalue weighted by Gasteiger charge is -2.22. The van der Waals surface area contributed by atoms with Gasteiger partial charge in [0.05, 0.1) is 12.8 Å². The van der Waals surface area contributed by atoms with Crippen LogP contribution in [0.4, 0.5) is 0 Å². The molecule has 0 aromatic carbocycles. The highest BCUT2D eigenvalue weighted by Gasteiger charge is 2.33. The van der Waals surface area contributed by atoms with Crippen LogP contribution >= 0.6 is 15.9 Å². The van der Waals surface area contributed by atoms with E-state index in [4.69, 9.17) is 4.74 Å². The molecular formula is C9H10BrNO. The lowest BCUT2D eigenvalue weighted by molar-refractivity contribution is 0.113. The van der Waals surface area contributed by atoms with E-state index >= 15 is 0 Å². The van der Waals surface area contributed by atoms with E-state index in [9.17, 15) is 0 Å². The highest BCUT2D eigenvalue weighted by Crippen LogP contribution is 2.36. The third-order valence-electron chi connectivity index (χ3n) is 2.15. The Kier molecular flexibility index (Phi) is 1.65. The quantitative estimate of drug-likeness (QED) is 0.623. The van der Waals surface area contributed by atoms with Crippen molar-refractivity contribution in [1.82, 2.24) is 0 Å². The summed E-state index contributed by atoms with van der Waals surface area (Å²) in [6.07, 6.45) is 3.84. The molecule has 0 radical (unpaired) electrons. The van der Waals surface area contributed by atoms with E-state index < -0.39 is 0 Å². The Hall–Kier alpha value is -0.570. The Morgan fingerprint density at radius 3 is 3.08 bits per heavy atom. The van der Waals surface area contributed by atoms with Gasteiger partial charge in [-0.05, 0) is 35.9 Å². The van der Waals surface area contributed by atoms with Gasteiger partial charge >= 0.3 is 0 Å². The molecule has 3 heteroatoms. The molecule has 2 rings (SSSR count). The number of halogens is 1. The SMILES string of the molecule is CC1(C)OC=C2CN=C(Br)C=C21. The van der Waals surface area contributed by atoms with Crippen molar-refractivity contribution < 1.29 is 4.74 Å². The molecule has 0 aromatic rings. The molecule has 0 aromatic heterocycles. The van der Waals surface area contributed by atoms with E-state index in [1.54, 1.807) is 0 Å².